The third-order valence-electron chi connectivity index (χ3n) is 8.03. The molecule has 0 aromatic heterocycles. The van der Waals surface area contributed by atoms with Crippen LogP contribution in [0, 0.1) is 34.5 Å². The minimum atomic E-state index is -1.70. The molecule has 0 spiro atoms. The molecule has 0 radical (unpaired) electrons. The van der Waals surface area contributed by atoms with E-state index in [0.29, 0.717) is 29.5 Å². The van der Waals surface area contributed by atoms with Crippen LogP contribution in [0.2, 0.25) is 0 Å². The van der Waals surface area contributed by atoms with Gasteiger partial charge in [0.1, 0.15) is 5.78 Å². The Balaban J connectivity index is 1.74. The number of allylic oxidation sites excluding steroid dienone is 1. The van der Waals surface area contributed by atoms with Gasteiger partial charge in [0.15, 0.2) is 5.79 Å². The van der Waals surface area contributed by atoms with Crippen LogP contribution < -0.4 is 0 Å². The summed E-state index contributed by atoms with van der Waals surface area (Å²) in [5, 5.41) is 21.5. The summed E-state index contributed by atoms with van der Waals surface area (Å²) in [5.74, 6) is 0.346. The predicted molar refractivity (Wildman–Crippen MR) is 83.8 cm³/mol. The van der Waals surface area contributed by atoms with Gasteiger partial charge in [-0.15, -0.1) is 0 Å². The minimum absolute atomic E-state index is 0.166. The monoisotopic (exact) mass is 304 g/mol. The lowest BCUT2D eigenvalue weighted by molar-refractivity contribution is -0.271. The van der Waals surface area contributed by atoms with Crippen LogP contribution >= 0.6 is 0 Å². The molecule has 4 rings (SSSR count). The minimum Gasteiger partial charge on any atom is -0.362 e. The Morgan fingerprint density at radius 1 is 1.14 bits per heavy atom. The molecule has 4 aliphatic carbocycles. The first-order valence-electron chi connectivity index (χ1n) is 8.92. The molecule has 122 valence electrons. The highest BCUT2D eigenvalue weighted by atomic mass is 16.5. The number of carbonyl (C=O) groups is 1. The van der Waals surface area contributed by atoms with Crippen molar-refractivity contribution in [3.05, 3.63) is 12.2 Å². The maximum absolute atomic E-state index is 12.1. The number of aliphatic hydroxyl groups is 2. The van der Waals surface area contributed by atoms with Crippen molar-refractivity contribution in [2.45, 2.75) is 64.6 Å². The molecule has 1 unspecified atom stereocenters. The molecule has 4 aliphatic rings. The Hall–Kier alpha value is -0.670. The van der Waals surface area contributed by atoms with Crippen LogP contribution in [0.15, 0.2) is 12.2 Å². The Bertz CT molecular complexity index is 537. The molecule has 0 aliphatic heterocycles. The molecule has 0 aromatic carbocycles. The number of Topliss-reactive ketones (excluding diaryl/α,β-unsaturated/α-hetero) is 1. The summed E-state index contributed by atoms with van der Waals surface area (Å²) in [6.45, 7) is 4.39. The van der Waals surface area contributed by atoms with Crippen molar-refractivity contribution in [2.75, 3.05) is 0 Å². The lowest BCUT2D eigenvalue weighted by Gasteiger charge is -2.61. The van der Waals surface area contributed by atoms with Gasteiger partial charge in [0.25, 0.3) is 0 Å². The molecule has 0 aromatic rings. The lowest BCUT2D eigenvalue weighted by atomic mass is 9.44. The predicted octanol–water partition coefficient (Wildman–Crippen LogP) is 3.06. The van der Waals surface area contributed by atoms with Crippen molar-refractivity contribution in [1.29, 1.82) is 0 Å². The van der Waals surface area contributed by atoms with E-state index in [1.165, 1.54) is 0 Å². The van der Waals surface area contributed by atoms with Crippen LogP contribution in [-0.4, -0.2) is 21.8 Å². The fraction of sp³-hybridized carbons (Fsp3) is 0.842. The smallest absolute Gasteiger partial charge is 0.188 e. The van der Waals surface area contributed by atoms with E-state index in [9.17, 15) is 15.0 Å². The van der Waals surface area contributed by atoms with Gasteiger partial charge < -0.3 is 10.2 Å². The molecule has 0 heterocycles. The standard InChI is InChI=1S/C19H28O3/c1-17-9-7-15-14(16(17)10-13(20)11-17)6-5-12-4-3-8-19(21,22)18(12,15)2/h3,8,12,14-16,21-22H,4-7,9-11H2,1-2H3/t12?,14-,15+,16+,17-,18+/m1/s1. The average Bonchev–Trinajstić information content (AvgIpc) is 2.74. The van der Waals surface area contributed by atoms with Crippen LogP contribution in [0.5, 0.6) is 0 Å². The molecule has 3 saturated carbocycles. The lowest BCUT2D eigenvalue weighted by Crippen LogP contribution is -2.61. The van der Waals surface area contributed by atoms with E-state index in [1.54, 1.807) is 6.08 Å². The molecule has 6 atom stereocenters. The molecule has 22 heavy (non-hydrogen) atoms. The topological polar surface area (TPSA) is 57.5 Å². The third-order valence-corrected chi connectivity index (χ3v) is 8.03. The van der Waals surface area contributed by atoms with Gasteiger partial charge in [0.05, 0.1) is 0 Å². The molecule has 0 bridgehead atoms. The number of hydrogen-bond donors (Lipinski definition) is 2. The van der Waals surface area contributed by atoms with E-state index < -0.39 is 11.2 Å². The van der Waals surface area contributed by atoms with Crippen LogP contribution in [-0.2, 0) is 4.79 Å². The zero-order chi connectivity index (χ0) is 15.8. The molecule has 0 amide bonds. The van der Waals surface area contributed by atoms with E-state index >= 15 is 0 Å². The van der Waals surface area contributed by atoms with E-state index in [1.807, 2.05) is 6.08 Å². The van der Waals surface area contributed by atoms with Gasteiger partial charge in [0, 0.05) is 18.3 Å². The van der Waals surface area contributed by atoms with Gasteiger partial charge >= 0.3 is 0 Å². The van der Waals surface area contributed by atoms with Crippen LogP contribution in [0.3, 0.4) is 0 Å². The summed E-state index contributed by atoms with van der Waals surface area (Å²) in [6, 6.07) is 0. The highest BCUT2D eigenvalue weighted by Gasteiger charge is 2.64. The average molecular weight is 304 g/mol. The van der Waals surface area contributed by atoms with Crippen LogP contribution in [0.1, 0.15) is 58.8 Å². The highest BCUT2D eigenvalue weighted by molar-refractivity contribution is 5.82. The van der Waals surface area contributed by atoms with E-state index in [0.717, 1.165) is 44.9 Å². The maximum atomic E-state index is 12.1. The van der Waals surface area contributed by atoms with Crippen molar-refractivity contribution in [1.82, 2.24) is 0 Å². The Morgan fingerprint density at radius 2 is 1.91 bits per heavy atom. The normalized spacial score (nSPS) is 52.8. The summed E-state index contributed by atoms with van der Waals surface area (Å²) in [6.07, 6.45) is 10.3. The second-order valence-corrected chi connectivity index (χ2v) is 8.91. The zero-order valence-corrected chi connectivity index (χ0v) is 13.7. The highest BCUT2D eigenvalue weighted by Crippen LogP contribution is 2.66. The summed E-state index contributed by atoms with van der Waals surface area (Å²) in [7, 11) is 0. The van der Waals surface area contributed by atoms with E-state index in [-0.39, 0.29) is 5.41 Å². The molecule has 2 N–H and O–H groups in total. The first-order valence-corrected chi connectivity index (χ1v) is 8.92. The SMILES string of the molecule is C[C@]12CC[C@H]3[C@@H](CCC4CC=CC(O)(O)[C@@]43C)[C@@H]1CC(=O)C2. The van der Waals surface area contributed by atoms with Crippen molar-refractivity contribution in [3.8, 4) is 0 Å². The summed E-state index contributed by atoms with van der Waals surface area (Å²) >= 11 is 0. The van der Waals surface area contributed by atoms with Gasteiger partial charge in [-0.1, -0.05) is 19.9 Å². The molecular weight excluding hydrogens is 276 g/mol. The summed E-state index contributed by atoms with van der Waals surface area (Å²) < 4.78 is 0. The van der Waals surface area contributed by atoms with E-state index in [4.69, 9.17) is 0 Å². The van der Waals surface area contributed by atoms with Gasteiger partial charge in [-0.25, -0.2) is 0 Å². The molecule has 0 saturated heterocycles. The number of fused-ring (bicyclic) bond motifs is 5. The molecule has 3 heteroatoms. The van der Waals surface area contributed by atoms with Crippen LogP contribution in [0.4, 0.5) is 0 Å². The Morgan fingerprint density at radius 3 is 2.68 bits per heavy atom. The largest absolute Gasteiger partial charge is 0.362 e. The summed E-state index contributed by atoms with van der Waals surface area (Å²) in [5.41, 5.74) is -0.294. The fourth-order valence-corrected chi connectivity index (χ4v) is 6.72. The number of rotatable bonds is 0. The van der Waals surface area contributed by atoms with Crippen molar-refractivity contribution >= 4 is 5.78 Å². The van der Waals surface area contributed by atoms with Crippen LogP contribution in [0.25, 0.3) is 0 Å². The molecule has 3 nitrogen and oxygen atoms in total. The maximum Gasteiger partial charge on any atom is 0.188 e. The van der Waals surface area contributed by atoms with Gasteiger partial charge in [0.2, 0.25) is 0 Å². The summed E-state index contributed by atoms with van der Waals surface area (Å²) in [4.78, 5) is 12.1. The molecular formula is C19H28O3. The zero-order valence-electron chi connectivity index (χ0n) is 13.7. The number of hydrogen-bond acceptors (Lipinski definition) is 3. The molecule has 3 fully saturated rings. The van der Waals surface area contributed by atoms with Gasteiger partial charge in [-0.2, -0.15) is 0 Å². The third kappa shape index (κ3) is 1.73. The Labute approximate surface area is 132 Å². The van der Waals surface area contributed by atoms with Gasteiger partial charge in [-0.3, -0.25) is 4.79 Å². The van der Waals surface area contributed by atoms with E-state index in [2.05, 4.69) is 13.8 Å². The second-order valence-electron chi connectivity index (χ2n) is 8.91. The first kappa shape index (κ1) is 14.9. The van der Waals surface area contributed by atoms with Crippen molar-refractivity contribution in [3.63, 3.8) is 0 Å². The van der Waals surface area contributed by atoms with Crippen molar-refractivity contribution in [2.24, 2.45) is 34.5 Å². The Kier molecular flexibility index (Phi) is 3.01. The van der Waals surface area contributed by atoms with Gasteiger partial charge in [-0.05, 0) is 67.3 Å². The number of carbonyl (C=O) groups excluding carboxylic acids is 1. The quantitative estimate of drug-likeness (QED) is 0.534. The first-order chi connectivity index (χ1) is 10.3. The number of ketones is 1. The fourth-order valence-electron chi connectivity index (χ4n) is 6.72. The second kappa shape index (κ2) is 4.45. The van der Waals surface area contributed by atoms with Crippen molar-refractivity contribution < 1.29 is 15.0 Å².